The van der Waals surface area contributed by atoms with Crippen LogP contribution >= 0.6 is 23.2 Å². The zero-order chi connectivity index (χ0) is 16.6. The molecule has 0 bridgehead atoms. The van der Waals surface area contributed by atoms with Crippen LogP contribution in [0.25, 0.3) is 0 Å². The van der Waals surface area contributed by atoms with E-state index in [0.29, 0.717) is 22.3 Å². The van der Waals surface area contributed by atoms with Crippen molar-refractivity contribution in [1.29, 1.82) is 0 Å². The number of hydrogen-bond acceptors (Lipinski definition) is 3. The molecule has 23 heavy (non-hydrogen) atoms. The van der Waals surface area contributed by atoms with E-state index in [-0.39, 0.29) is 24.2 Å². The zero-order valence-electron chi connectivity index (χ0n) is 13.0. The van der Waals surface area contributed by atoms with E-state index in [1.54, 1.807) is 23.1 Å². The maximum absolute atomic E-state index is 12.7. The number of hydrogen-bond donors (Lipinski definition) is 0. The van der Waals surface area contributed by atoms with Crippen LogP contribution in [-0.2, 0) is 9.59 Å². The summed E-state index contributed by atoms with van der Waals surface area (Å²) in [6.45, 7) is 3.55. The van der Waals surface area contributed by atoms with Gasteiger partial charge in [0.25, 0.3) is 0 Å². The Hall–Kier alpha value is -1.30. The standard InChI is InChI=1S/C16H19Cl2N3O2/c1-19-5-7-20(8-6-19)16(23)11-9-14(22)21(10-11)13-4-2-3-12(17)15(13)18/h2-4,11H,5-10H2,1H3. The Kier molecular flexibility index (Phi) is 4.80. The first-order valence-electron chi connectivity index (χ1n) is 7.69. The molecule has 5 nitrogen and oxygen atoms in total. The van der Waals surface area contributed by atoms with E-state index in [4.69, 9.17) is 23.2 Å². The van der Waals surface area contributed by atoms with Crippen molar-refractivity contribution in [2.24, 2.45) is 5.92 Å². The van der Waals surface area contributed by atoms with Crippen LogP contribution in [0.15, 0.2) is 18.2 Å². The molecule has 1 unspecified atom stereocenters. The molecule has 0 saturated carbocycles. The number of rotatable bonds is 2. The smallest absolute Gasteiger partial charge is 0.228 e. The lowest BCUT2D eigenvalue weighted by Gasteiger charge is -2.33. The Morgan fingerprint density at radius 3 is 2.57 bits per heavy atom. The van der Waals surface area contributed by atoms with Gasteiger partial charge in [0.05, 0.1) is 21.7 Å². The Morgan fingerprint density at radius 1 is 1.17 bits per heavy atom. The van der Waals surface area contributed by atoms with Crippen LogP contribution in [0.1, 0.15) is 6.42 Å². The fraction of sp³-hybridized carbons (Fsp3) is 0.500. The summed E-state index contributed by atoms with van der Waals surface area (Å²) in [4.78, 5) is 30.6. The van der Waals surface area contributed by atoms with Gasteiger partial charge in [0.15, 0.2) is 0 Å². The molecular formula is C16H19Cl2N3O2. The number of piperazine rings is 1. The van der Waals surface area contributed by atoms with Gasteiger partial charge in [-0.2, -0.15) is 0 Å². The first kappa shape index (κ1) is 16.6. The van der Waals surface area contributed by atoms with Gasteiger partial charge in [-0.25, -0.2) is 0 Å². The molecule has 124 valence electrons. The Morgan fingerprint density at radius 2 is 1.87 bits per heavy atom. The van der Waals surface area contributed by atoms with Crippen molar-refractivity contribution in [2.45, 2.75) is 6.42 Å². The maximum atomic E-state index is 12.7. The predicted octanol–water partition coefficient (Wildman–Crippen LogP) is 2.12. The highest BCUT2D eigenvalue weighted by Gasteiger charge is 2.38. The minimum absolute atomic E-state index is 0.0621. The second kappa shape index (κ2) is 6.67. The van der Waals surface area contributed by atoms with Crippen LogP contribution in [0.2, 0.25) is 10.0 Å². The van der Waals surface area contributed by atoms with Gasteiger partial charge in [-0.1, -0.05) is 29.3 Å². The van der Waals surface area contributed by atoms with Crippen LogP contribution in [0.5, 0.6) is 0 Å². The van der Waals surface area contributed by atoms with Crippen LogP contribution in [0.4, 0.5) is 5.69 Å². The second-order valence-electron chi connectivity index (χ2n) is 6.11. The molecular weight excluding hydrogens is 337 g/mol. The molecule has 2 amide bonds. The number of anilines is 1. The number of likely N-dealkylation sites (N-methyl/N-ethyl adjacent to an activating group) is 1. The van der Waals surface area contributed by atoms with Crippen LogP contribution in [0, 0.1) is 5.92 Å². The van der Waals surface area contributed by atoms with Crippen molar-refractivity contribution >= 4 is 40.7 Å². The summed E-state index contributed by atoms with van der Waals surface area (Å²) >= 11 is 12.2. The largest absolute Gasteiger partial charge is 0.340 e. The quantitative estimate of drug-likeness (QED) is 0.816. The summed E-state index contributed by atoms with van der Waals surface area (Å²) in [5, 5.41) is 0.765. The lowest BCUT2D eigenvalue weighted by Crippen LogP contribution is -2.49. The molecule has 0 spiro atoms. The number of benzene rings is 1. The molecule has 1 aromatic rings. The minimum Gasteiger partial charge on any atom is -0.340 e. The average Bonchev–Trinajstić information content (AvgIpc) is 2.92. The van der Waals surface area contributed by atoms with Gasteiger partial charge < -0.3 is 14.7 Å². The molecule has 0 N–H and O–H groups in total. The highest BCUT2D eigenvalue weighted by Crippen LogP contribution is 2.36. The molecule has 0 aliphatic carbocycles. The summed E-state index contributed by atoms with van der Waals surface area (Å²) in [6.07, 6.45) is 0.230. The number of carbonyl (C=O) groups excluding carboxylic acids is 2. The third-order valence-electron chi connectivity index (χ3n) is 4.51. The number of halogens is 2. The zero-order valence-corrected chi connectivity index (χ0v) is 14.5. The van der Waals surface area contributed by atoms with Crippen molar-refractivity contribution in [2.75, 3.05) is 44.7 Å². The molecule has 1 aromatic carbocycles. The van der Waals surface area contributed by atoms with Crippen LogP contribution < -0.4 is 4.90 Å². The van der Waals surface area contributed by atoms with E-state index >= 15 is 0 Å². The molecule has 0 radical (unpaired) electrons. The van der Waals surface area contributed by atoms with E-state index in [1.165, 1.54) is 0 Å². The fourth-order valence-electron chi connectivity index (χ4n) is 3.09. The second-order valence-corrected chi connectivity index (χ2v) is 6.89. The highest BCUT2D eigenvalue weighted by atomic mass is 35.5. The molecule has 3 rings (SSSR count). The Bertz CT molecular complexity index is 630. The first-order chi connectivity index (χ1) is 11.0. The summed E-state index contributed by atoms with van der Waals surface area (Å²) in [5.74, 6) is -0.324. The summed E-state index contributed by atoms with van der Waals surface area (Å²) in [6, 6.07) is 5.20. The van der Waals surface area contributed by atoms with Crippen LogP contribution in [-0.4, -0.2) is 61.4 Å². The number of amides is 2. The van der Waals surface area contributed by atoms with Gasteiger partial charge in [0, 0.05) is 39.1 Å². The lowest BCUT2D eigenvalue weighted by atomic mass is 10.1. The molecule has 2 heterocycles. The maximum Gasteiger partial charge on any atom is 0.228 e. The van der Waals surface area contributed by atoms with Gasteiger partial charge in [-0.05, 0) is 19.2 Å². The van der Waals surface area contributed by atoms with Crippen molar-refractivity contribution in [3.63, 3.8) is 0 Å². The topological polar surface area (TPSA) is 43.9 Å². The Labute approximate surface area is 145 Å². The third-order valence-corrected chi connectivity index (χ3v) is 5.32. The summed E-state index contributed by atoms with van der Waals surface area (Å²) < 4.78 is 0. The van der Waals surface area contributed by atoms with E-state index in [1.807, 2.05) is 11.9 Å². The van der Waals surface area contributed by atoms with Gasteiger partial charge in [-0.3, -0.25) is 9.59 Å². The van der Waals surface area contributed by atoms with Gasteiger partial charge >= 0.3 is 0 Å². The lowest BCUT2D eigenvalue weighted by molar-refractivity contribution is -0.137. The minimum atomic E-state index is -0.305. The molecule has 7 heteroatoms. The fourth-order valence-corrected chi connectivity index (χ4v) is 3.49. The van der Waals surface area contributed by atoms with E-state index < -0.39 is 0 Å². The number of carbonyl (C=O) groups is 2. The van der Waals surface area contributed by atoms with E-state index in [2.05, 4.69) is 4.90 Å². The van der Waals surface area contributed by atoms with Crippen molar-refractivity contribution < 1.29 is 9.59 Å². The molecule has 0 aromatic heterocycles. The van der Waals surface area contributed by atoms with Crippen molar-refractivity contribution in [3.8, 4) is 0 Å². The van der Waals surface area contributed by atoms with Crippen molar-refractivity contribution in [3.05, 3.63) is 28.2 Å². The normalized spacial score (nSPS) is 22.7. The average molecular weight is 356 g/mol. The molecule has 2 aliphatic heterocycles. The SMILES string of the molecule is CN1CCN(C(=O)C2CC(=O)N(c3cccc(Cl)c3Cl)C2)CC1. The van der Waals surface area contributed by atoms with E-state index in [9.17, 15) is 9.59 Å². The van der Waals surface area contributed by atoms with Gasteiger partial charge in [-0.15, -0.1) is 0 Å². The monoisotopic (exact) mass is 355 g/mol. The van der Waals surface area contributed by atoms with Gasteiger partial charge in [0.1, 0.15) is 0 Å². The predicted molar refractivity (Wildman–Crippen MR) is 91.0 cm³/mol. The summed E-state index contributed by atoms with van der Waals surface area (Å²) in [5.41, 5.74) is 0.581. The van der Waals surface area contributed by atoms with E-state index in [0.717, 1.165) is 26.2 Å². The summed E-state index contributed by atoms with van der Waals surface area (Å²) in [7, 11) is 2.05. The third kappa shape index (κ3) is 3.32. The van der Waals surface area contributed by atoms with Gasteiger partial charge in [0.2, 0.25) is 11.8 Å². The van der Waals surface area contributed by atoms with Crippen molar-refractivity contribution in [1.82, 2.24) is 9.80 Å². The molecule has 2 saturated heterocycles. The molecule has 1 atom stereocenters. The Balaban J connectivity index is 1.72. The first-order valence-corrected chi connectivity index (χ1v) is 8.44. The number of nitrogens with zero attached hydrogens (tertiary/aromatic N) is 3. The van der Waals surface area contributed by atoms with Crippen LogP contribution in [0.3, 0.4) is 0 Å². The molecule has 2 aliphatic rings. The molecule has 2 fully saturated rings. The highest BCUT2D eigenvalue weighted by molar-refractivity contribution is 6.44.